The number of hydrogen-bond donors (Lipinski definition) is 0. The van der Waals surface area contributed by atoms with Crippen LogP contribution >= 0.6 is 11.3 Å². The molecule has 1 amide bonds. The summed E-state index contributed by atoms with van der Waals surface area (Å²) in [6, 6.07) is 1.80. The van der Waals surface area contributed by atoms with Crippen molar-refractivity contribution < 1.29 is 4.79 Å². The fraction of sp³-hybridized carbons (Fsp3) is 0.385. The SMILES string of the molecule is Cc1csc(C(=O)N2CCN(c3ncccn3)CC2)n1. The third-order valence-corrected chi connectivity index (χ3v) is 4.15. The Hall–Kier alpha value is -2.02. The van der Waals surface area contributed by atoms with E-state index in [9.17, 15) is 4.79 Å². The van der Waals surface area contributed by atoms with Crippen LogP contribution in [0.4, 0.5) is 5.95 Å². The molecule has 0 unspecified atom stereocenters. The zero-order valence-corrected chi connectivity index (χ0v) is 12.0. The van der Waals surface area contributed by atoms with E-state index < -0.39 is 0 Å². The Balaban J connectivity index is 1.63. The van der Waals surface area contributed by atoms with Crippen molar-refractivity contribution in [3.8, 4) is 0 Å². The highest BCUT2D eigenvalue weighted by Crippen LogP contribution is 2.15. The lowest BCUT2D eigenvalue weighted by atomic mass is 10.3. The molecule has 0 N–H and O–H groups in total. The van der Waals surface area contributed by atoms with Crippen molar-refractivity contribution in [2.75, 3.05) is 31.1 Å². The number of nitrogens with zero attached hydrogens (tertiary/aromatic N) is 5. The summed E-state index contributed by atoms with van der Waals surface area (Å²) in [7, 11) is 0. The summed E-state index contributed by atoms with van der Waals surface area (Å²) in [6.45, 7) is 4.75. The molecule has 7 heteroatoms. The molecule has 0 aromatic carbocycles. The van der Waals surface area contributed by atoms with E-state index in [4.69, 9.17) is 0 Å². The molecule has 3 heterocycles. The summed E-state index contributed by atoms with van der Waals surface area (Å²) in [4.78, 5) is 28.9. The second-order valence-electron chi connectivity index (χ2n) is 4.62. The van der Waals surface area contributed by atoms with Gasteiger partial charge in [0.1, 0.15) is 0 Å². The predicted molar refractivity (Wildman–Crippen MR) is 77.0 cm³/mol. The predicted octanol–water partition coefficient (Wildman–Crippen LogP) is 1.20. The number of aryl methyl sites for hydroxylation is 1. The van der Waals surface area contributed by atoms with Crippen LogP contribution in [0.25, 0.3) is 0 Å². The maximum absolute atomic E-state index is 12.3. The Morgan fingerprint density at radius 3 is 2.50 bits per heavy atom. The second kappa shape index (κ2) is 5.54. The average Bonchev–Trinajstić information content (AvgIpc) is 2.94. The molecule has 1 aliphatic rings. The lowest BCUT2D eigenvalue weighted by molar-refractivity contribution is 0.0745. The molecule has 104 valence electrons. The van der Waals surface area contributed by atoms with Gasteiger partial charge in [-0.15, -0.1) is 11.3 Å². The van der Waals surface area contributed by atoms with E-state index in [1.54, 1.807) is 18.5 Å². The molecule has 1 fully saturated rings. The number of carbonyl (C=O) groups is 1. The highest BCUT2D eigenvalue weighted by molar-refractivity contribution is 7.11. The summed E-state index contributed by atoms with van der Waals surface area (Å²) < 4.78 is 0. The molecular weight excluding hydrogens is 274 g/mol. The Labute approximate surface area is 121 Å². The van der Waals surface area contributed by atoms with Crippen molar-refractivity contribution in [2.45, 2.75) is 6.92 Å². The molecule has 1 saturated heterocycles. The molecule has 1 aliphatic heterocycles. The summed E-state index contributed by atoms with van der Waals surface area (Å²) in [5.41, 5.74) is 0.898. The van der Waals surface area contributed by atoms with Crippen LogP contribution in [0.3, 0.4) is 0 Å². The molecule has 0 bridgehead atoms. The first kappa shape index (κ1) is 13.0. The molecule has 0 saturated carbocycles. The lowest BCUT2D eigenvalue weighted by Gasteiger charge is -2.34. The van der Waals surface area contributed by atoms with Crippen molar-refractivity contribution in [1.29, 1.82) is 0 Å². The number of amides is 1. The quantitative estimate of drug-likeness (QED) is 0.831. The van der Waals surface area contributed by atoms with Gasteiger partial charge in [0.15, 0.2) is 5.01 Å². The number of anilines is 1. The van der Waals surface area contributed by atoms with Crippen LogP contribution in [0.1, 0.15) is 15.5 Å². The van der Waals surface area contributed by atoms with Crippen LogP contribution in [0, 0.1) is 6.92 Å². The maximum Gasteiger partial charge on any atom is 0.282 e. The normalized spacial score (nSPS) is 15.4. The van der Waals surface area contributed by atoms with Gasteiger partial charge in [-0.05, 0) is 13.0 Å². The monoisotopic (exact) mass is 289 g/mol. The van der Waals surface area contributed by atoms with E-state index in [1.165, 1.54) is 11.3 Å². The van der Waals surface area contributed by atoms with Crippen molar-refractivity contribution in [1.82, 2.24) is 19.9 Å². The molecule has 2 aromatic rings. The van der Waals surface area contributed by atoms with Gasteiger partial charge < -0.3 is 9.80 Å². The van der Waals surface area contributed by atoms with Gasteiger partial charge in [-0.2, -0.15) is 0 Å². The third kappa shape index (κ3) is 2.62. The molecule has 3 rings (SSSR count). The number of carbonyl (C=O) groups excluding carboxylic acids is 1. The van der Waals surface area contributed by atoms with Gasteiger partial charge in [0, 0.05) is 49.6 Å². The first-order valence-electron chi connectivity index (χ1n) is 6.47. The van der Waals surface area contributed by atoms with Crippen molar-refractivity contribution in [3.05, 3.63) is 34.5 Å². The van der Waals surface area contributed by atoms with Gasteiger partial charge in [-0.25, -0.2) is 15.0 Å². The molecular formula is C13H15N5OS. The highest BCUT2D eigenvalue weighted by atomic mass is 32.1. The molecule has 6 nitrogen and oxygen atoms in total. The van der Waals surface area contributed by atoms with Crippen LogP contribution in [-0.4, -0.2) is 51.9 Å². The van der Waals surface area contributed by atoms with Gasteiger partial charge in [0.25, 0.3) is 5.91 Å². The topological polar surface area (TPSA) is 62.2 Å². The second-order valence-corrected chi connectivity index (χ2v) is 5.48. The minimum absolute atomic E-state index is 0.0248. The first-order chi connectivity index (χ1) is 9.74. The maximum atomic E-state index is 12.3. The van der Waals surface area contributed by atoms with Gasteiger partial charge in [0.2, 0.25) is 5.95 Å². The van der Waals surface area contributed by atoms with E-state index in [2.05, 4.69) is 19.9 Å². The molecule has 2 aromatic heterocycles. The minimum Gasteiger partial charge on any atom is -0.337 e. The highest BCUT2D eigenvalue weighted by Gasteiger charge is 2.24. The Bertz CT molecular complexity index is 592. The summed E-state index contributed by atoms with van der Waals surface area (Å²) in [6.07, 6.45) is 3.47. The molecule has 20 heavy (non-hydrogen) atoms. The number of hydrogen-bond acceptors (Lipinski definition) is 6. The van der Waals surface area contributed by atoms with Crippen LogP contribution < -0.4 is 4.90 Å². The fourth-order valence-corrected chi connectivity index (χ4v) is 2.91. The zero-order chi connectivity index (χ0) is 13.9. The Kier molecular flexibility index (Phi) is 3.60. The van der Waals surface area contributed by atoms with Crippen LogP contribution in [-0.2, 0) is 0 Å². The largest absolute Gasteiger partial charge is 0.337 e. The Morgan fingerprint density at radius 2 is 1.90 bits per heavy atom. The van der Waals surface area contributed by atoms with E-state index in [0.29, 0.717) is 18.1 Å². The van der Waals surface area contributed by atoms with E-state index in [-0.39, 0.29) is 5.91 Å². The van der Waals surface area contributed by atoms with E-state index in [1.807, 2.05) is 17.2 Å². The number of thiazole rings is 1. The molecule has 0 aliphatic carbocycles. The standard InChI is InChI=1S/C13H15N5OS/c1-10-9-20-11(16-10)12(19)17-5-7-18(8-6-17)13-14-3-2-4-15-13/h2-4,9H,5-8H2,1H3. The number of piperazine rings is 1. The van der Waals surface area contributed by atoms with Gasteiger partial charge in [-0.3, -0.25) is 4.79 Å². The Morgan fingerprint density at radius 1 is 1.20 bits per heavy atom. The van der Waals surface area contributed by atoms with Crippen molar-refractivity contribution >= 4 is 23.2 Å². The van der Waals surface area contributed by atoms with Gasteiger partial charge >= 0.3 is 0 Å². The number of rotatable bonds is 2. The molecule has 0 radical (unpaired) electrons. The molecule has 0 atom stereocenters. The third-order valence-electron chi connectivity index (χ3n) is 3.20. The first-order valence-corrected chi connectivity index (χ1v) is 7.35. The van der Waals surface area contributed by atoms with Crippen LogP contribution in [0.15, 0.2) is 23.8 Å². The minimum atomic E-state index is 0.0248. The van der Waals surface area contributed by atoms with Crippen LogP contribution in [0.2, 0.25) is 0 Å². The average molecular weight is 289 g/mol. The van der Waals surface area contributed by atoms with Gasteiger partial charge in [-0.1, -0.05) is 0 Å². The summed E-state index contributed by atoms with van der Waals surface area (Å²) in [5.74, 6) is 0.751. The lowest BCUT2D eigenvalue weighted by Crippen LogP contribution is -2.49. The van der Waals surface area contributed by atoms with E-state index >= 15 is 0 Å². The molecule has 0 spiro atoms. The fourth-order valence-electron chi connectivity index (χ4n) is 2.15. The van der Waals surface area contributed by atoms with Gasteiger partial charge in [0.05, 0.1) is 0 Å². The number of aromatic nitrogens is 3. The van der Waals surface area contributed by atoms with Crippen molar-refractivity contribution in [3.63, 3.8) is 0 Å². The zero-order valence-electron chi connectivity index (χ0n) is 11.2. The van der Waals surface area contributed by atoms with E-state index in [0.717, 1.165) is 24.7 Å². The summed E-state index contributed by atoms with van der Waals surface area (Å²) in [5, 5.41) is 2.48. The van der Waals surface area contributed by atoms with Crippen molar-refractivity contribution in [2.24, 2.45) is 0 Å². The smallest absolute Gasteiger partial charge is 0.282 e. The summed E-state index contributed by atoms with van der Waals surface area (Å²) >= 11 is 1.41. The van der Waals surface area contributed by atoms with Crippen LogP contribution in [0.5, 0.6) is 0 Å².